The molecule has 0 aliphatic heterocycles. The number of ketones is 1. The van der Waals surface area contributed by atoms with E-state index in [9.17, 15) is 14.4 Å². The van der Waals surface area contributed by atoms with Crippen LogP contribution in [0.2, 0.25) is 5.02 Å². The van der Waals surface area contributed by atoms with Crippen LogP contribution in [0.15, 0.2) is 42.5 Å². The molecule has 0 aromatic heterocycles. The van der Waals surface area contributed by atoms with Crippen LogP contribution < -0.4 is 10.1 Å². The van der Waals surface area contributed by atoms with Crippen LogP contribution in [0.4, 0.5) is 5.69 Å². The highest BCUT2D eigenvalue weighted by atomic mass is 35.5. The van der Waals surface area contributed by atoms with Crippen molar-refractivity contribution in [2.24, 2.45) is 0 Å². The molecular formula is C20H20ClNO5. The van der Waals surface area contributed by atoms with E-state index in [0.717, 1.165) is 5.56 Å². The molecule has 0 radical (unpaired) electrons. The Bertz CT molecular complexity index is 848. The minimum absolute atomic E-state index is 0.0638. The Morgan fingerprint density at radius 2 is 1.78 bits per heavy atom. The number of hydrogen-bond acceptors (Lipinski definition) is 5. The first-order valence-corrected chi connectivity index (χ1v) is 8.64. The van der Waals surface area contributed by atoms with Gasteiger partial charge in [-0.3, -0.25) is 9.59 Å². The molecule has 2 aromatic rings. The van der Waals surface area contributed by atoms with E-state index in [1.807, 2.05) is 6.92 Å². The molecule has 0 fully saturated rings. The number of hydrogen-bond donors (Lipinski definition) is 1. The highest BCUT2D eigenvalue weighted by molar-refractivity contribution is 6.31. The second-order valence-electron chi connectivity index (χ2n) is 5.95. The lowest BCUT2D eigenvalue weighted by Gasteiger charge is -2.14. The molecule has 27 heavy (non-hydrogen) atoms. The van der Waals surface area contributed by atoms with Crippen molar-refractivity contribution >= 4 is 34.9 Å². The zero-order chi connectivity index (χ0) is 20.0. The number of esters is 1. The van der Waals surface area contributed by atoms with E-state index in [4.69, 9.17) is 21.1 Å². The summed E-state index contributed by atoms with van der Waals surface area (Å²) in [5.74, 6) is -0.735. The number of carbonyl (C=O) groups excluding carboxylic acids is 3. The highest BCUT2D eigenvalue weighted by Crippen LogP contribution is 2.21. The molecule has 1 unspecified atom stereocenters. The van der Waals surface area contributed by atoms with Gasteiger partial charge < -0.3 is 14.8 Å². The van der Waals surface area contributed by atoms with Crippen LogP contribution in [-0.2, 0) is 14.3 Å². The van der Waals surface area contributed by atoms with Crippen LogP contribution >= 0.6 is 11.6 Å². The average Bonchev–Trinajstić information content (AvgIpc) is 2.63. The van der Waals surface area contributed by atoms with Gasteiger partial charge in [0.05, 0.1) is 0 Å². The van der Waals surface area contributed by atoms with Crippen molar-refractivity contribution in [1.82, 2.24) is 0 Å². The molecule has 0 saturated heterocycles. The number of anilines is 1. The van der Waals surface area contributed by atoms with Gasteiger partial charge in [0, 0.05) is 16.3 Å². The number of carbonyl (C=O) groups is 3. The summed E-state index contributed by atoms with van der Waals surface area (Å²) in [6, 6.07) is 11.4. The van der Waals surface area contributed by atoms with Crippen molar-refractivity contribution in [1.29, 1.82) is 0 Å². The predicted molar refractivity (Wildman–Crippen MR) is 102 cm³/mol. The van der Waals surface area contributed by atoms with Gasteiger partial charge in [-0.25, -0.2) is 4.79 Å². The first kappa shape index (κ1) is 20.5. The summed E-state index contributed by atoms with van der Waals surface area (Å²) in [5.41, 5.74) is 1.87. The Labute approximate surface area is 162 Å². The van der Waals surface area contributed by atoms with E-state index >= 15 is 0 Å². The van der Waals surface area contributed by atoms with Gasteiger partial charge in [0.25, 0.3) is 5.91 Å². The number of ether oxygens (including phenoxy) is 2. The van der Waals surface area contributed by atoms with E-state index in [-0.39, 0.29) is 12.4 Å². The van der Waals surface area contributed by atoms with E-state index in [1.54, 1.807) is 42.5 Å². The number of Topliss-reactive ketones (excluding diaryl/α,β-unsaturated/α-hetero) is 1. The first-order chi connectivity index (χ1) is 12.8. The van der Waals surface area contributed by atoms with Gasteiger partial charge in [-0.2, -0.15) is 0 Å². The molecule has 0 aliphatic rings. The number of aryl methyl sites for hydroxylation is 1. The number of benzene rings is 2. The topological polar surface area (TPSA) is 81.7 Å². The smallest absolute Gasteiger partial charge is 0.344 e. The van der Waals surface area contributed by atoms with Crippen LogP contribution in [0.5, 0.6) is 5.75 Å². The SMILES string of the molecule is CC(=O)c1ccc(NC(=O)C(C)OC(=O)COc2ccc(Cl)c(C)c2)cc1. The maximum Gasteiger partial charge on any atom is 0.344 e. The largest absolute Gasteiger partial charge is 0.482 e. The normalized spacial score (nSPS) is 11.4. The Hall–Kier alpha value is -2.86. The van der Waals surface area contributed by atoms with Crippen LogP contribution in [-0.4, -0.2) is 30.4 Å². The van der Waals surface area contributed by atoms with Crippen molar-refractivity contribution in [3.63, 3.8) is 0 Å². The highest BCUT2D eigenvalue weighted by Gasteiger charge is 2.18. The molecule has 0 spiro atoms. The minimum Gasteiger partial charge on any atom is -0.482 e. The van der Waals surface area contributed by atoms with Gasteiger partial charge in [0.2, 0.25) is 0 Å². The van der Waals surface area contributed by atoms with Gasteiger partial charge in [0.15, 0.2) is 18.5 Å². The fourth-order valence-corrected chi connectivity index (χ4v) is 2.28. The molecule has 1 N–H and O–H groups in total. The maximum atomic E-state index is 12.1. The number of rotatable bonds is 7. The molecule has 6 nitrogen and oxygen atoms in total. The van der Waals surface area contributed by atoms with Gasteiger partial charge >= 0.3 is 5.97 Å². The number of nitrogens with one attached hydrogen (secondary N) is 1. The van der Waals surface area contributed by atoms with Crippen molar-refractivity contribution in [2.75, 3.05) is 11.9 Å². The Morgan fingerprint density at radius 3 is 2.37 bits per heavy atom. The van der Waals surface area contributed by atoms with Gasteiger partial charge in [-0.05, 0) is 68.8 Å². The summed E-state index contributed by atoms with van der Waals surface area (Å²) in [4.78, 5) is 35.2. The quantitative estimate of drug-likeness (QED) is 0.575. The Morgan fingerprint density at radius 1 is 1.11 bits per heavy atom. The second-order valence-corrected chi connectivity index (χ2v) is 6.36. The molecule has 2 rings (SSSR count). The zero-order valence-corrected chi connectivity index (χ0v) is 16.0. The van der Waals surface area contributed by atoms with Crippen LogP contribution in [0.1, 0.15) is 29.8 Å². The first-order valence-electron chi connectivity index (χ1n) is 8.26. The fraction of sp³-hybridized carbons (Fsp3) is 0.250. The molecule has 1 atom stereocenters. The van der Waals surface area contributed by atoms with Crippen LogP contribution in [0, 0.1) is 6.92 Å². The van der Waals surface area contributed by atoms with E-state index in [2.05, 4.69) is 5.32 Å². The molecule has 0 bridgehead atoms. The lowest BCUT2D eigenvalue weighted by Crippen LogP contribution is -2.31. The lowest BCUT2D eigenvalue weighted by molar-refractivity contribution is -0.155. The Kier molecular flexibility index (Phi) is 6.96. The van der Waals surface area contributed by atoms with Crippen molar-refractivity contribution in [3.8, 4) is 5.75 Å². The monoisotopic (exact) mass is 389 g/mol. The van der Waals surface area contributed by atoms with Crippen molar-refractivity contribution in [3.05, 3.63) is 58.6 Å². The van der Waals surface area contributed by atoms with Crippen molar-refractivity contribution in [2.45, 2.75) is 26.9 Å². The zero-order valence-electron chi connectivity index (χ0n) is 15.2. The standard InChI is InChI=1S/C20H20ClNO5/c1-12-10-17(8-9-18(12)21)26-11-19(24)27-14(3)20(25)22-16-6-4-15(5-7-16)13(2)23/h4-10,14H,11H2,1-3H3,(H,22,25). The Balaban J connectivity index is 1.83. The summed E-state index contributed by atoms with van der Waals surface area (Å²) in [5, 5.41) is 3.22. The average molecular weight is 390 g/mol. The van der Waals surface area contributed by atoms with E-state index in [0.29, 0.717) is 22.0 Å². The number of amides is 1. The summed E-state index contributed by atoms with van der Waals surface area (Å²) in [6.07, 6.45) is -1.000. The molecule has 0 saturated carbocycles. The number of halogens is 1. The molecule has 7 heteroatoms. The summed E-state index contributed by atoms with van der Waals surface area (Å²) in [6.45, 7) is 4.42. The minimum atomic E-state index is -1.000. The van der Waals surface area contributed by atoms with E-state index < -0.39 is 18.0 Å². The third-order valence-electron chi connectivity index (χ3n) is 3.72. The third kappa shape index (κ3) is 6.11. The predicted octanol–water partition coefficient (Wildman–Crippen LogP) is 3.80. The molecule has 0 heterocycles. The van der Waals surface area contributed by atoms with Crippen LogP contribution in [0.25, 0.3) is 0 Å². The van der Waals surface area contributed by atoms with E-state index in [1.165, 1.54) is 13.8 Å². The fourth-order valence-electron chi connectivity index (χ4n) is 2.17. The third-order valence-corrected chi connectivity index (χ3v) is 4.15. The lowest BCUT2D eigenvalue weighted by atomic mass is 10.1. The van der Waals surface area contributed by atoms with Gasteiger partial charge in [0.1, 0.15) is 5.75 Å². The molecule has 0 aliphatic carbocycles. The molecular weight excluding hydrogens is 370 g/mol. The summed E-state index contributed by atoms with van der Waals surface area (Å²) in [7, 11) is 0. The molecule has 1 amide bonds. The van der Waals surface area contributed by atoms with Gasteiger partial charge in [-0.1, -0.05) is 11.6 Å². The van der Waals surface area contributed by atoms with Crippen LogP contribution in [0.3, 0.4) is 0 Å². The maximum absolute atomic E-state index is 12.1. The van der Waals surface area contributed by atoms with Crippen molar-refractivity contribution < 1.29 is 23.9 Å². The second kappa shape index (κ2) is 9.19. The summed E-state index contributed by atoms with van der Waals surface area (Å²) < 4.78 is 10.4. The molecule has 142 valence electrons. The van der Waals surface area contributed by atoms with Gasteiger partial charge in [-0.15, -0.1) is 0 Å². The summed E-state index contributed by atoms with van der Waals surface area (Å²) >= 11 is 5.93. The molecule has 2 aromatic carbocycles.